The van der Waals surface area contributed by atoms with Crippen LogP contribution >= 0.6 is 15.9 Å². The molecule has 0 aromatic rings. The van der Waals surface area contributed by atoms with E-state index >= 15 is 0 Å². The maximum absolute atomic E-state index is 11.6. The van der Waals surface area contributed by atoms with Crippen LogP contribution < -0.4 is 5.32 Å². The minimum Gasteiger partial charge on any atom is -0.366 e. The molecule has 4 heteroatoms. The van der Waals surface area contributed by atoms with Gasteiger partial charge in [-0.25, -0.2) is 0 Å². The van der Waals surface area contributed by atoms with Crippen LogP contribution in [0.2, 0.25) is 0 Å². The molecule has 1 N–H and O–H groups in total. The molecule has 1 saturated carbocycles. The van der Waals surface area contributed by atoms with Crippen LogP contribution in [0.25, 0.3) is 0 Å². The summed E-state index contributed by atoms with van der Waals surface area (Å²) in [5.41, 5.74) is -0.245. The Bertz CT molecular complexity index is 242. The summed E-state index contributed by atoms with van der Waals surface area (Å²) in [6.45, 7) is 6.83. The van der Waals surface area contributed by atoms with E-state index in [0.29, 0.717) is 10.7 Å². The van der Waals surface area contributed by atoms with Gasteiger partial charge in [-0.2, -0.15) is 0 Å². The van der Waals surface area contributed by atoms with E-state index in [1.807, 2.05) is 20.8 Å². The molecule has 0 aromatic heterocycles. The van der Waals surface area contributed by atoms with Gasteiger partial charge in [-0.15, -0.1) is 0 Å². The van der Waals surface area contributed by atoms with E-state index < -0.39 is 0 Å². The number of ether oxygens (including phenoxy) is 1. The average Bonchev–Trinajstić information content (AvgIpc) is 2.25. The van der Waals surface area contributed by atoms with E-state index in [2.05, 4.69) is 21.2 Å². The smallest absolute Gasteiger partial charge is 0.246 e. The van der Waals surface area contributed by atoms with Crippen LogP contribution in [0.1, 0.15) is 46.5 Å². The predicted octanol–water partition coefficient (Wildman–Crippen LogP) is 2.87. The lowest BCUT2D eigenvalue weighted by atomic mass is 9.89. The van der Waals surface area contributed by atoms with E-state index in [9.17, 15) is 4.79 Å². The van der Waals surface area contributed by atoms with Crippen molar-refractivity contribution in [3.8, 4) is 0 Å². The van der Waals surface area contributed by atoms with Crippen molar-refractivity contribution in [1.82, 2.24) is 5.32 Å². The largest absolute Gasteiger partial charge is 0.366 e. The molecule has 0 heterocycles. The summed E-state index contributed by atoms with van der Waals surface area (Å²) in [6, 6.07) is 0. The lowest BCUT2D eigenvalue weighted by Gasteiger charge is -2.25. The Labute approximate surface area is 113 Å². The average molecular weight is 306 g/mol. The van der Waals surface area contributed by atoms with E-state index in [0.717, 1.165) is 6.54 Å². The van der Waals surface area contributed by atoms with Gasteiger partial charge in [0.2, 0.25) is 5.91 Å². The van der Waals surface area contributed by atoms with E-state index in [1.165, 1.54) is 25.7 Å². The zero-order valence-corrected chi connectivity index (χ0v) is 12.7. The summed E-state index contributed by atoms with van der Waals surface area (Å²) in [6.07, 6.45) is 4.85. The Morgan fingerprint density at radius 2 is 1.88 bits per heavy atom. The highest BCUT2D eigenvalue weighted by atomic mass is 79.9. The van der Waals surface area contributed by atoms with Crippen LogP contribution in [0, 0.1) is 5.92 Å². The van der Waals surface area contributed by atoms with Crippen molar-refractivity contribution in [2.24, 2.45) is 5.92 Å². The van der Waals surface area contributed by atoms with Crippen LogP contribution in [0.3, 0.4) is 0 Å². The summed E-state index contributed by atoms with van der Waals surface area (Å²) in [5, 5.41) is 2.96. The molecule has 0 unspecified atom stereocenters. The normalized spacial score (nSPS) is 25.6. The van der Waals surface area contributed by atoms with Crippen LogP contribution in [0.15, 0.2) is 0 Å². The van der Waals surface area contributed by atoms with Crippen molar-refractivity contribution in [3.63, 3.8) is 0 Å². The molecule has 100 valence electrons. The first-order chi connectivity index (χ1) is 7.87. The first kappa shape index (κ1) is 15.0. The fourth-order valence-electron chi connectivity index (χ4n) is 1.92. The summed E-state index contributed by atoms with van der Waals surface area (Å²) in [4.78, 5) is 12.2. The molecule has 0 atom stereocenters. The predicted molar refractivity (Wildman–Crippen MR) is 73.4 cm³/mol. The molecule has 0 radical (unpaired) electrons. The third kappa shape index (κ3) is 7.04. The molecule has 0 bridgehead atoms. The number of amides is 1. The van der Waals surface area contributed by atoms with Crippen molar-refractivity contribution in [2.45, 2.75) is 56.9 Å². The first-order valence-corrected chi connectivity index (χ1v) is 7.33. The van der Waals surface area contributed by atoms with Gasteiger partial charge >= 0.3 is 0 Å². The zero-order valence-electron chi connectivity index (χ0n) is 11.1. The van der Waals surface area contributed by atoms with Gasteiger partial charge in [0.15, 0.2) is 0 Å². The highest BCUT2D eigenvalue weighted by molar-refractivity contribution is 9.09. The van der Waals surface area contributed by atoms with E-state index in [1.54, 1.807) is 0 Å². The van der Waals surface area contributed by atoms with Gasteiger partial charge in [-0.05, 0) is 52.4 Å². The Morgan fingerprint density at radius 3 is 2.41 bits per heavy atom. The van der Waals surface area contributed by atoms with Gasteiger partial charge in [0, 0.05) is 11.4 Å². The van der Waals surface area contributed by atoms with E-state index in [-0.39, 0.29) is 18.1 Å². The van der Waals surface area contributed by atoms with Crippen molar-refractivity contribution >= 4 is 21.8 Å². The van der Waals surface area contributed by atoms with Crippen molar-refractivity contribution < 1.29 is 9.53 Å². The van der Waals surface area contributed by atoms with E-state index in [4.69, 9.17) is 4.74 Å². The van der Waals surface area contributed by atoms with Gasteiger partial charge < -0.3 is 10.1 Å². The monoisotopic (exact) mass is 305 g/mol. The number of hydrogen-bond acceptors (Lipinski definition) is 2. The Kier molecular flexibility index (Phi) is 5.93. The van der Waals surface area contributed by atoms with Crippen molar-refractivity contribution in [1.29, 1.82) is 0 Å². The molecule has 1 amide bonds. The summed E-state index contributed by atoms with van der Waals surface area (Å²) < 4.78 is 5.43. The third-order valence-electron chi connectivity index (χ3n) is 3.00. The first-order valence-electron chi connectivity index (χ1n) is 6.41. The number of carbonyl (C=O) groups is 1. The molecule has 1 rings (SSSR count). The molecule has 3 nitrogen and oxygen atoms in total. The minimum absolute atomic E-state index is 0.000825. The van der Waals surface area contributed by atoms with Gasteiger partial charge in [0.1, 0.15) is 6.61 Å². The second-order valence-corrected chi connectivity index (χ2v) is 7.12. The number of rotatable bonds is 4. The molecule has 1 aliphatic carbocycles. The maximum atomic E-state index is 11.6. The van der Waals surface area contributed by atoms with Gasteiger partial charge in [-0.1, -0.05) is 15.9 Å². The third-order valence-corrected chi connectivity index (χ3v) is 3.92. The van der Waals surface area contributed by atoms with Crippen LogP contribution in [-0.4, -0.2) is 29.5 Å². The van der Waals surface area contributed by atoms with Crippen molar-refractivity contribution in [3.05, 3.63) is 0 Å². The van der Waals surface area contributed by atoms with Crippen LogP contribution in [0.4, 0.5) is 0 Å². The highest BCUT2D eigenvalue weighted by Gasteiger charge is 2.20. The minimum atomic E-state index is -0.245. The molecule has 0 aromatic carbocycles. The fraction of sp³-hybridized carbons (Fsp3) is 0.923. The summed E-state index contributed by atoms with van der Waals surface area (Å²) >= 11 is 3.64. The topological polar surface area (TPSA) is 38.3 Å². The number of alkyl halides is 1. The summed E-state index contributed by atoms with van der Waals surface area (Å²) in [7, 11) is 0. The number of nitrogens with one attached hydrogen (secondary N) is 1. The number of hydrogen-bond donors (Lipinski definition) is 1. The second kappa shape index (κ2) is 6.74. The lowest BCUT2D eigenvalue weighted by molar-refractivity contribution is -0.130. The molecule has 17 heavy (non-hydrogen) atoms. The Hall–Kier alpha value is -0.0900. The lowest BCUT2D eigenvalue weighted by Crippen LogP contribution is -2.35. The fourth-order valence-corrected chi connectivity index (χ4v) is 2.45. The second-order valence-electron chi connectivity index (χ2n) is 5.82. The van der Waals surface area contributed by atoms with Gasteiger partial charge in [-0.3, -0.25) is 4.79 Å². The number of carbonyl (C=O) groups excluding carboxylic acids is 1. The van der Waals surface area contributed by atoms with Gasteiger partial charge in [0.25, 0.3) is 0 Å². The number of halogens is 1. The van der Waals surface area contributed by atoms with Gasteiger partial charge in [0.05, 0.1) is 5.60 Å². The molecule has 1 fully saturated rings. The maximum Gasteiger partial charge on any atom is 0.246 e. The highest BCUT2D eigenvalue weighted by Crippen LogP contribution is 2.28. The Balaban J connectivity index is 2.11. The molecule has 1 aliphatic rings. The summed E-state index contributed by atoms with van der Waals surface area (Å²) in [5.74, 6) is 0.642. The zero-order chi connectivity index (χ0) is 12.9. The molecule has 0 saturated heterocycles. The molecule has 0 aliphatic heterocycles. The molecular formula is C13H24BrNO2. The SMILES string of the molecule is CC(C)(C)OCC(=O)NCC1CCC(Br)CC1. The molecule has 0 spiro atoms. The van der Waals surface area contributed by atoms with Crippen LogP contribution in [-0.2, 0) is 9.53 Å². The van der Waals surface area contributed by atoms with Crippen LogP contribution in [0.5, 0.6) is 0 Å². The Morgan fingerprint density at radius 1 is 1.29 bits per heavy atom. The molecular weight excluding hydrogens is 282 g/mol. The van der Waals surface area contributed by atoms with Crippen molar-refractivity contribution in [2.75, 3.05) is 13.2 Å². The standard InChI is InChI=1S/C13H24BrNO2/c1-13(2,3)17-9-12(16)15-8-10-4-6-11(14)7-5-10/h10-11H,4-9H2,1-3H3,(H,15,16). The quantitative estimate of drug-likeness (QED) is 0.811.